The van der Waals surface area contributed by atoms with Crippen molar-refractivity contribution in [3.8, 4) is 0 Å². The molecule has 102 valence electrons. The largest absolute Gasteiger partial charge is 0.381 e. The molecule has 2 aromatic rings. The van der Waals surface area contributed by atoms with E-state index in [0.717, 1.165) is 18.4 Å². The van der Waals surface area contributed by atoms with Crippen molar-refractivity contribution in [3.05, 3.63) is 27.7 Å². The Balaban J connectivity index is 2.25. The number of imidazole rings is 1. The SMILES string of the molecule is CC1(n2c(=S)[nH]c3cc(F)c(Cl)cc32)CCOCC1. The van der Waals surface area contributed by atoms with Crippen molar-refractivity contribution >= 4 is 34.9 Å². The third kappa shape index (κ3) is 2.10. The van der Waals surface area contributed by atoms with E-state index in [0.29, 0.717) is 23.5 Å². The van der Waals surface area contributed by atoms with Gasteiger partial charge < -0.3 is 14.3 Å². The van der Waals surface area contributed by atoms with Gasteiger partial charge in [-0.2, -0.15) is 0 Å². The number of halogens is 2. The molecule has 1 saturated heterocycles. The second-order valence-electron chi connectivity index (χ2n) is 5.16. The number of rotatable bonds is 1. The molecule has 1 aliphatic rings. The van der Waals surface area contributed by atoms with E-state index >= 15 is 0 Å². The molecule has 1 aromatic heterocycles. The van der Waals surface area contributed by atoms with Crippen LogP contribution in [0.15, 0.2) is 12.1 Å². The molecule has 0 atom stereocenters. The summed E-state index contributed by atoms with van der Waals surface area (Å²) in [6, 6.07) is 3.03. The Kier molecular flexibility index (Phi) is 3.15. The lowest BCUT2D eigenvalue weighted by molar-refractivity contribution is 0.0306. The van der Waals surface area contributed by atoms with E-state index in [1.165, 1.54) is 6.07 Å². The van der Waals surface area contributed by atoms with Crippen molar-refractivity contribution < 1.29 is 9.13 Å². The summed E-state index contributed by atoms with van der Waals surface area (Å²) < 4.78 is 21.6. The monoisotopic (exact) mass is 300 g/mol. The summed E-state index contributed by atoms with van der Waals surface area (Å²) in [5, 5.41) is 0.117. The summed E-state index contributed by atoms with van der Waals surface area (Å²) in [6.07, 6.45) is 1.76. The predicted molar refractivity (Wildman–Crippen MR) is 75.8 cm³/mol. The van der Waals surface area contributed by atoms with E-state index in [2.05, 4.69) is 11.9 Å². The number of fused-ring (bicyclic) bond motifs is 1. The average Bonchev–Trinajstić information content (AvgIpc) is 2.67. The highest BCUT2D eigenvalue weighted by atomic mass is 35.5. The minimum absolute atomic E-state index is 0.116. The van der Waals surface area contributed by atoms with Gasteiger partial charge in [-0.15, -0.1) is 0 Å². The van der Waals surface area contributed by atoms with Crippen molar-refractivity contribution in [2.24, 2.45) is 0 Å². The molecular formula is C13H14ClFN2OS. The molecule has 3 rings (SSSR count). The van der Waals surface area contributed by atoms with E-state index < -0.39 is 5.82 Å². The van der Waals surface area contributed by atoms with Crippen molar-refractivity contribution in [2.75, 3.05) is 13.2 Å². The van der Waals surface area contributed by atoms with Crippen LogP contribution in [-0.4, -0.2) is 22.8 Å². The van der Waals surface area contributed by atoms with Crippen LogP contribution in [0.4, 0.5) is 4.39 Å². The third-order valence-corrected chi connectivity index (χ3v) is 4.41. The van der Waals surface area contributed by atoms with Crippen molar-refractivity contribution in [2.45, 2.75) is 25.3 Å². The van der Waals surface area contributed by atoms with Crippen molar-refractivity contribution in [1.82, 2.24) is 9.55 Å². The van der Waals surface area contributed by atoms with Gasteiger partial charge in [-0.25, -0.2) is 4.39 Å². The minimum atomic E-state index is -0.435. The fourth-order valence-corrected chi connectivity index (χ4v) is 3.26. The van der Waals surface area contributed by atoms with Gasteiger partial charge in [0.25, 0.3) is 0 Å². The summed E-state index contributed by atoms with van der Waals surface area (Å²) in [5.74, 6) is -0.435. The smallest absolute Gasteiger partial charge is 0.178 e. The number of ether oxygens (including phenoxy) is 1. The van der Waals surface area contributed by atoms with Gasteiger partial charge in [0.2, 0.25) is 0 Å². The first kappa shape index (κ1) is 13.1. The third-order valence-electron chi connectivity index (χ3n) is 3.83. The Morgan fingerprint density at radius 2 is 2.11 bits per heavy atom. The maximum atomic E-state index is 13.5. The normalized spacial score (nSPS) is 18.9. The molecule has 3 nitrogen and oxygen atoms in total. The molecule has 1 fully saturated rings. The Morgan fingerprint density at radius 1 is 1.42 bits per heavy atom. The van der Waals surface area contributed by atoms with Gasteiger partial charge in [0.05, 0.1) is 16.1 Å². The second kappa shape index (κ2) is 4.58. The molecule has 6 heteroatoms. The summed E-state index contributed by atoms with van der Waals surface area (Å²) in [6.45, 7) is 3.57. The second-order valence-corrected chi connectivity index (χ2v) is 5.95. The molecule has 19 heavy (non-hydrogen) atoms. The highest BCUT2D eigenvalue weighted by Gasteiger charge is 2.31. The van der Waals surface area contributed by atoms with Crippen LogP contribution in [0, 0.1) is 10.6 Å². The standard InChI is InChI=1S/C13H14ClFN2OS/c1-13(2-4-18-5-3-13)17-11-6-8(14)9(15)7-10(11)16-12(17)19/h6-7H,2-5H2,1H3,(H,16,19). The first-order valence-corrected chi connectivity index (χ1v) is 6.98. The fourth-order valence-electron chi connectivity index (χ4n) is 2.67. The Morgan fingerprint density at radius 3 is 2.79 bits per heavy atom. The van der Waals surface area contributed by atoms with Gasteiger partial charge in [0.15, 0.2) is 4.77 Å². The molecule has 0 aliphatic carbocycles. The van der Waals surface area contributed by atoms with Crippen LogP contribution in [-0.2, 0) is 10.3 Å². The molecular weight excluding hydrogens is 287 g/mol. The molecule has 0 spiro atoms. The zero-order valence-electron chi connectivity index (χ0n) is 10.5. The first-order valence-electron chi connectivity index (χ1n) is 6.19. The molecule has 1 aromatic carbocycles. The number of hydrogen-bond donors (Lipinski definition) is 1. The van der Waals surface area contributed by atoms with Crippen molar-refractivity contribution in [1.29, 1.82) is 0 Å². The van der Waals surface area contributed by atoms with Gasteiger partial charge >= 0.3 is 0 Å². The number of benzene rings is 1. The van der Waals surface area contributed by atoms with Gasteiger partial charge in [-0.3, -0.25) is 0 Å². The van der Waals surface area contributed by atoms with E-state index in [4.69, 9.17) is 28.6 Å². The van der Waals surface area contributed by atoms with Gasteiger partial charge in [0, 0.05) is 24.8 Å². The van der Waals surface area contributed by atoms with Crippen LogP contribution in [0.25, 0.3) is 11.0 Å². The molecule has 0 saturated carbocycles. The molecule has 1 aliphatic heterocycles. The predicted octanol–water partition coefficient (Wildman–Crippen LogP) is 4.02. The number of aromatic amines is 1. The molecule has 0 amide bonds. The lowest BCUT2D eigenvalue weighted by atomic mass is 9.92. The quantitative estimate of drug-likeness (QED) is 0.806. The van der Waals surface area contributed by atoms with Gasteiger partial charge in [-0.05, 0) is 38.0 Å². The minimum Gasteiger partial charge on any atom is -0.381 e. The van der Waals surface area contributed by atoms with Crippen LogP contribution in [0.3, 0.4) is 0 Å². The number of H-pyrrole nitrogens is 1. The van der Waals surface area contributed by atoms with Gasteiger partial charge in [-0.1, -0.05) is 11.6 Å². The Labute approximate surface area is 120 Å². The maximum absolute atomic E-state index is 13.5. The Hall–Kier alpha value is -0.910. The first-order chi connectivity index (χ1) is 9.01. The number of nitrogens with one attached hydrogen (secondary N) is 1. The van der Waals surface area contributed by atoms with E-state index in [1.54, 1.807) is 6.07 Å². The van der Waals surface area contributed by atoms with E-state index in [9.17, 15) is 4.39 Å². The van der Waals surface area contributed by atoms with Gasteiger partial charge in [0.1, 0.15) is 5.82 Å². The molecule has 2 heterocycles. The molecule has 0 bridgehead atoms. The van der Waals surface area contributed by atoms with Crippen LogP contribution in [0.2, 0.25) is 5.02 Å². The molecule has 0 radical (unpaired) electrons. The molecule has 0 unspecified atom stereocenters. The zero-order chi connectivity index (χ0) is 13.6. The van der Waals surface area contributed by atoms with Crippen LogP contribution in [0.1, 0.15) is 19.8 Å². The fraction of sp³-hybridized carbons (Fsp3) is 0.462. The lowest BCUT2D eigenvalue weighted by Crippen LogP contribution is -2.36. The van der Waals surface area contributed by atoms with Crippen LogP contribution in [0.5, 0.6) is 0 Å². The van der Waals surface area contributed by atoms with Crippen LogP contribution < -0.4 is 0 Å². The topological polar surface area (TPSA) is 29.9 Å². The number of hydrogen-bond acceptors (Lipinski definition) is 2. The number of nitrogens with zero attached hydrogens (tertiary/aromatic N) is 1. The summed E-state index contributed by atoms with van der Waals surface area (Å²) in [5.41, 5.74) is 1.41. The highest BCUT2D eigenvalue weighted by Crippen LogP contribution is 2.34. The Bertz CT molecular complexity index is 688. The van der Waals surface area contributed by atoms with E-state index in [1.807, 2.05) is 4.57 Å². The summed E-state index contributed by atoms with van der Waals surface area (Å²) in [7, 11) is 0. The average molecular weight is 301 g/mol. The molecule has 1 N–H and O–H groups in total. The highest BCUT2D eigenvalue weighted by molar-refractivity contribution is 7.71. The summed E-state index contributed by atoms with van der Waals surface area (Å²) in [4.78, 5) is 3.06. The van der Waals surface area contributed by atoms with Crippen molar-refractivity contribution in [3.63, 3.8) is 0 Å². The van der Waals surface area contributed by atoms with E-state index in [-0.39, 0.29) is 10.6 Å². The lowest BCUT2D eigenvalue weighted by Gasteiger charge is -2.35. The van der Waals surface area contributed by atoms with Crippen LogP contribution >= 0.6 is 23.8 Å². The summed E-state index contributed by atoms with van der Waals surface area (Å²) >= 11 is 11.3. The zero-order valence-corrected chi connectivity index (χ0v) is 12.1. The number of aromatic nitrogens is 2. The maximum Gasteiger partial charge on any atom is 0.178 e.